The minimum Gasteiger partial charge on any atom is -0.378 e. The molecule has 1 fully saturated rings. The maximum atomic E-state index is 12.2. The Hall–Kier alpha value is -3.10. The Morgan fingerprint density at radius 1 is 1.00 bits per heavy atom. The van der Waals surface area contributed by atoms with Crippen LogP contribution in [0, 0.1) is 11.8 Å². The minimum absolute atomic E-state index is 0.0961. The van der Waals surface area contributed by atoms with Crippen LogP contribution in [-0.4, -0.2) is 43.0 Å². The number of carbonyl (C=O) groups excluding carboxylic acids is 2. The van der Waals surface area contributed by atoms with Crippen LogP contribution in [0.4, 0.5) is 5.69 Å². The van der Waals surface area contributed by atoms with Crippen molar-refractivity contribution in [2.24, 2.45) is 0 Å². The third kappa shape index (κ3) is 5.20. The molecule has 2 amide bonds. The maximum Gasteiger partial charge on any atom is 0.300 e. The molecule has 0 aliphatic carbocycles. The minimum atomic E-state index is -0.369. The summed E-state index contributed by atoms with van der Waals surface area (Å²) in [6, 6.07) is 16.6. The van der Waals surface area contributed by atoms with Crippen molar-refractivity contribution >= 4 is 17.5 Å². The number of carbonyl (C=O) groups is 2. The molecule has 1 N–H and O–H groups in total. The van der Waals surface area contributed by atoms with E-state index < -0.39 is 0 Å². The van der Waals surface area contributed by atoms with Crippen LogP contribution in [0.25, 0.3) is 0 Å². The first-order valence-corrected chi connectivity index (χ1v) is 8.53. The lowest BCUT2D eigenvalue weighted by atomic mass is 10.1. The van der Waals surface area contributed by atoms with E-state index in [1.165, 1.54) is 0 Å². The second kappa shape index (κ2) is 8.84. The molecule has 2 aromatic carbocycles. The van der Waals surface area contributed by atoms with Gasteiger partial charge in [0.05, 0.1) is 19.6 Å². The molecule has 0 radical (unpaired) electrons. The van der Waals surface area contributed by atoms with E-state index in [9.17, 15) is 9.59 Å². The zero-order valence-electron chi connectivity index (χ0n) is 14.4. The molecular formula is C21H20N2O3. The molecule has 0 unspecified atom stereocenters. The van der Waals surface area contributed by atoms with Gasteiger partial charge in [-0.25, -0.2) is 0 Å². The van der Waals surface area contributed by atoms with Crippen LogP contribution in [0.2, 0.25) is 0 Å². The molecule has 3 rings (SSSR count). The molecule has 5 nitrogen and oxygen atoms in total. The van der Waals surface area contributed by atoms with E-state index in [0.29, 0.717) is 38.4 Å². The standard InChI is InChI=1S/C21H20N2O3/c24-20(11-8-17-4-2-1-3-5-17)22-19-9-6-18(7-10-19)16-21(25)23-12-14-26-15-13-23/h1-7,9-10H,12-16H2,(H,22,24). The van der Waals surface area contributed by atoms with Crippen molar-refractivity contribution in [3.05, 3.63) is 65.7 Å². The van der Waals surface area contributed by atoms with Gasteiger partial charge in [-0.1, -0.05) is 36.3 Å². The average molecular weight is 348 g/mol. The summed E-state index contributed by atoms with van der Waals surface area (Å²) in [5.74, 6) is 5.11. The Kier molecular flexibility index (Phi) is 6.02. The first kappa shape index (κ1) is 17.7. The van der Waals surface area contributed by atoms with Gasteiger partial charge in [0, 0.05) is 30.3 Å². The molecule has 5 heteroatoms. The number of morpholine rings is 1. The topological polar surface area (TPSA) is 58.6 Å². The van der Waals surface area contributed by atoms with Gasteiger partial charge in [-0.05, 0) is 29.8 Å². The maximum absolute atomic E-state index is 12.2. The number of nitrogens with one attached hydrogen (secondary N) is 1. The molecule has 0 aromatic heterocycles. The Balaban J connectivity index is 1.53. The highest BCUT2D eigenvalue weighted by Gasteiger charge is 2.16. The zero-order chi connectivity index (χ0) is 18.2. The van der Waals surface area contributed by atoms with Gasteiger partial charge in [0.25, 0.3) is 0 Å². The van der Waals surface area contributed by atoms with Gasteiger partial charge in [-0.3, -0.25) is 9.59 Å². The molecule has 0 bridgehead atoms. The van der Waals surface area contributed by atoms with Crippen molar-refractivity contribution in [2.75, 3.05) is 31.6 Å². The van der Waals surface area contributed by atoms with Gasteiger partial charge < -0.3 is 15.0 Å². The smallest absolute Gasteiger partial charge is 0.300 e. The van der Waals surface area contributed by atoms with E-state index in [0.717, 1.165) is 11.1 Å². The summed E-state index contributed by atoms with van der Waals surface area (Å²) in [5.41, 5.74) is 2.36. The van der Waals surface area contributed by atoms with Crippen molar-refractivity contribution in [1.29, 1.82) is 0 Å². The van der Waals surface area contributed by atoms with E-state index in [-0.39, 0.29) is 11.8 Å². The Bertz CT molecular complexity index is 814. The number of hydrogen-bond acceptors (Lipinski definition) is 3. The fraction of sp³-hybridized carbons (Fsp3) is 0.238. The quantitative estimate of drug-likeness (QED) is 0.864. The van der Waals surface area contributed by atoms with Crippen molar-refractivity contribution < 1.29 is 14.3 Å². The molecule has 2 aromatic rings. The second-order valence-electron chi connectivity index (χ2n) is 5.94. The number of hydrogen-bond donors (Lipinski definition) is 1. The van der Waals surface area contributed by atoms with Gasteiger partial charge in [0.15, 0.2) is 0 Å². The summed E-state index contributed by atoms with van der Waals surface area (Å²) in [5, 5.41) is 2.73. The molecule has 0 atom stereocenters. The van der Waals surface area contributed by atoms with Gasteiger partial charge in [0.2, 0.25) is 5.91 Å². The van der Waals surface area contributed by atoms with Crippen LogP contribution in [-0.2, 0) is 20.7 Å². The lowest BCUT2D eigenvalue weighted by Gasteiger charge is -2.26. The number of anilines is 1. The Morgan fingerprint density at radius 3 is 2.38 bits per heavy atom. The summed E-state index contributed by atoms with van der Waals surface area (Å²) in [6.45, 7) is 2.49. The normalized spacial score (nSPS) is 13.5. The number of benzene rings is 2. The Labute approximate surface area is 153 Å². The fourth-order valence-corrected chi connectivity index (χ4v) is 2.62. The molecule has 1 saturated heterocycles. The fourth-order valence-electron chi connectivity index (χ4n) is 2.62. The van der Waals surface area contributed by atoms with Gasteiger partial charge >= 0.3 is 5.91 Å². The van der Waals surface area contributed by atoms with Crippen LogP contribution >= 0.6 is 0 Å². The summed E-state index contributed by atoms with van der Waals surface area (Å²) in [6.07, 6.45) is 0.349. The van der Waals surface area contributed by atoms with Crippen molar-refractivity contribution in [2.45, 2.75) is 6.42 Å². The molecule has 0 saturated carbocycles. The zero-order valence-corrected chi connectivity index (χ0v) is 14.4. The van der Waals surface area contributed by atoms with Crippen LogP contribution in [0.1, 0.15) is 11.1 Å². The first-order chi connectivity index (χ1) is 12.7. The lowest BCUT2D eigenvalue weighted by Crippen LogP contribution is -2.41. The van der Waals surface area contributed by atoms with Crippen LogP contribution < -0.4 is 5.32 Å². The van der Waals surface area contributed by atoms with Crippen molar-refractivity contribution in [1.82, 2.24) is 4.90 Å². The summed E-state index contributed by atoms with van der Waals surface area (Å²) < 4.78 is 5.26. The lowest BCUT2D eigenvalue weighted by molar-refractivity contribution is -0.134. The molecule has 132 valence electrons. The first-order valence-electron chi connectivity index (χ1n) is 8.53. The highest BCUT2D eigenvalue weighted by molar-refractivity contribution is 6.04. The van der Waals surface area contributed by atoms with E-state index in [2.05, 4.69) is 17.2 Å². The average Bonchev–Trinajstić information content (AvgIpc) is 2.69. The number of nitrogens with zero attached hydrogens (tertiary/aromatic N) is 1. The number of rotatable bonds is 3. The SMILES string of the molecule is O=C(C#Cc1ccccc1)Nc1ccc(CC(=O)N2CCOCC2)cc1. The number of amides is 2. The molecule has 0 spiro atoms. The highest BCUT2D eigenvalue weighted by Crippen LogP contribution is 2.11. The largest absolute Gasteiger partial charge is 0.378 e. The van der Waals surface area contributed by atoms with E-state index in [1.807, 2.05) is 47.4 Å². The monoisotopic (exact) mass is 348 g/mol. The van der Waals surface area contributed by atoms with Crippen molar-refractivity contribution in [3.8, 4) is 11.8 Å². The van der Waals surface area contributed by atoms with Crippen LogP contribution in [0.15, 0.2) is 54.6 Å². The third-order valence-electron chi connectivity index (χ3n) is 4.03. The highest BCUT2D eigenvalue weighted by atomic mass is 16.5. The van der Waals surface area contributed by atoms with Crippen LogP contribution in [0.3, 0.4) is 0 Å². The predicted molar refractivity (Wildman–Crippen MR) is 99.5 cm³/mol. The van der Waals surface area contributed by atoms with Gasteiger partial charge in [-0.15, -0.1) is 0 Å². The molecular weight excluding hydrogens is 328 g/mol. The van der Waals surface area contributed by atoms with Crippen LogP contribution in [0.5, 0.6) is 0 Å². The molecule has 1 aliphatic heterocycles. The molecule has 26 heavy (non-hydrogen) atoms. The van der Waals surface area contributed by atoms with Gasteiger partial charge in [0.1, 0.15) is 0 Å². The second-order valence-corrected chi connectivity index (χ2v) is 5.94. The van der Waals surface area contributed by atoms with Gasteiger partial charge in [-0.2, -0.15) is 0 Å². The molecule has 1 heterocycles. The predicted octanol–water partition coefficient (Wildman–Crippen LogP) is 2.08. The summed E-state index contributed by atoms with van der Waals surface area (Å²) >= 11 is 0. The van der Waals surface area contributed by atoms with Crippen molar-refractivity contribution in [3.63, 3.8) is 0 Å². The van der Waals surface area contributed by atoms with E-state index >= 15 is 0 Å². The third-order valence-corrected chi connectivity index (χ3v) is 4.03. The summed E-state index contributed by atoms with van der Waals surface area (Å²) in [4.78, 5) is 25.9. The summed E-state index contributed by atoms with van der Waals surface area (Å²) in [7, 11) is 0. The molecule has 1 aliphatic rings. The van der Waals surface area contributed by atoms with E-state index in [1.54, 1.807) is 12.1 Å². The van der Waals surface area contributed by atoms with E-state index in [4.69, 9.17) is 4.74 Å². The Morgan fingerprint density at radius 2 is 1.69 bits per heavy atom. The number of ether oxygens (including phenoxy) is 1.